The number of cyclic esters (lactones) is 1. The molecule has 5 rings (SSSR count). The number of sulfonamides is 1. The van der Waals surface area contributed by atoms with Crippen molar-refractivity contribution in [3.8, 4) is 11.6 Å². The summed E-state index contributed by atoms with van der Waals surface area (Å²) < 4.78 is 49.8. The molecule has 0 radical (unpaired) electrons. The second kappa shape index (κ2) is 15.2. The Morgan fingerprint density at radius 3 is 2.56 bits per heavy atom. The van der Waals surface area contributed by atoms with Gasteiger partial charge in [-0.25, -0.2) is 23.0 Å². The molecule has 4 atom stereocenters. The van der Waals surface area contributed by atoms with Crippen LogP contribution in [-0.2, 0) is 38.7 Å². The van der Waals surface area contributed by atoms with E-state index in [0.29, 0.717) is 24.0 Å². The molecule has 4 amide bonds. The lowest BCUT2D eigenvalue weighted by Crippen LogP contribution is -2.62. The van der Waals surface area contributed by atoms with Gasteiger partial charge < -0.3 is 34.5 Å². The number of ether oxygens (including phenoxy) is 4. The molecule has 1 aromatic heterocycles. The molecule has 1 aromatic carbocycles. The average Bonchev–Trinajstić information content (AvgIpc) is 3.85. The fourth-order valence-corrected chi connectivity index (χ4v) is 7.10. The number of methoxy groups -OCH3 is 1. The van der Waals surface area contributed by atoms with Gasteiger partial charge in [-0.05, 0) is 76.6 Å². The van der Waals surface area contributed by atoms with E-state index in [0.717, 1.165) is 16.4 Å². The first-order chi connectivity index (χ1) is 24.5. The van der Waals surface area contributed by atoms with Gasteiger partial charge in [-0.2, -0.15) is 0 Å². The molecular weight excluding hydrogens is 698 g/mol. The van der Waals surface area contributed by atoms with Crippen LogP contribution in [0, 0.1) is 0 Å². The zero-order valence-corrected chi connectivity index (χ0v) is 30.4. The summed E-state index contributed by atoms with van der Waals surface area (Å²) in [7, 11) is -2.45. The van der Waals surface area contributed by atoms with Crippen LogP contribution in [0.15, 0.2) is 54.8 Å². The van der Waals surface area contributed by atoms with Gasteiger partial charge in [-0.15, -0.1) is 0 Å². The maximum absolute atomic E-state index is 14.3. The Balaban J connectivity index is 1.49. The number of carbonyl (C=O) groups excluding carboxylic acids is 5. The standard InChI is InChI=1S/C35H43N5O11S/c1-34(2,3)51-33(45)37-26-20-49-28(41)9-7-6-8-15-35(4,32(44)39-52(46,47)24-11-12-24)38-29(42)27-18-23(19-40(27)31(26)43)50-30-25-13-10-22(48-5)17-21(25)14-16-36-30/h6-10,13-14,16-17,23-24,26-27H,11-12,15,18-20H2,1-5H3,(H,37,45)(H,38,42)(H,39,44)/b8-6-,9-7+/t23-,26+,27+,35-/m1/s1. The Morgan fingerprint density at radius 1 is 1.12 bits per heavy atom. The summed E-state index contributed by atoms with van der Waals surface area (Å²) in [6.07, 6.45) is 5.59. The Morgan fingerprint density at radius 2 is 1.87 bits per heavy atom. The van der Waals surface area contributed by atoms with Gasteiger partial charge in [0.05, 0.1) is 18.9 Å². The van der Waals surface area contributed by atoms with Gasteiger partial charge in [-0.1, -0.05) is 18.2 Å². The van der Waals surface area contributed by atoms with Crippen molar-refractivity contribution in [1.29, 1.82) is 0 Å². The molecule has 2 aromatic rings. The second-order valence-corrected chi connectivity index (χ2v) is 16.0. The number of aromatic nitrogens is 1. The molecule has 17 heteroatoms. The monoisotopic (exact) mass is 741 g/mol. The lowest BCUT2D eigenvalue weighted by molar-refractivity contribution is -0.145. The van der Waals surface area contributed by atoms with Crippen LogP contribution in [0.25, 0.3) is 10.8 Å². The molecule has 280 valence electrons. The zero-order valence-electron chi connectivity index (χ0n) is 29.5. The van der Waals surface area contributed by atoms with Crippen LogP contribution in [-0.4, -0.2) is 103 Å². The zero-order chi connectivity index (χ0) is 37.8. The minimum Gasteiger partial charge on any atom is -0.497 e. The van der Waals surface area contributed by atoms with Gasteiger partial charge in [0, 0.05) is 24.1 Å². The highest BCUT2D eigenvalue weighted by Gasteiger charge is 2.47. The summed E-state index contributed by atoms with van der Waals surface area (Å²) >= 11 is 0. The third-order valence-corrected chi connectivity index (χ3v) is 10.4. The third kappa shape index (κ3) is 9.37. The normalized spacial score (nSPS) is 25.8. The fraction of sp³-hybridized carbons (Fsp3) is 0.486. The van der Waals surface area contributed by atoms with Crippen molar-refractivity contribution in [3.05, 3.63) is 54.8 Å². The van der Waals surface area contributed by atoms with Crippen molar-refractivity contribution in [2.24, 2.45) is 0 Å². The van der Waals surface area contributed by atoms with Crippen LogP contribution in [0.2, 0.25) is 0 Å². The van der Waals surface area contributed by atoms with Crippen LogP contribution in [0.1, 0.15) is 53.4 Å². The molecule has 3 heterocycles. The molecule has 3 aliphatic rings. The summed E-state index contributed by atoms with van der Waals surface area (Å²) in [5.41, 5.74) is -2.75. The highest BCUT2D eigenvalue weighted by Crippen LogP contribution is 2.31. The van der Waals surface area contributed by atoms with Crippen LogP contribution in [0.4, 0.5) is 4.79 Å². The minimum absolute atomic E-state index is 0.0831. The van der Waals surface area contributed by atoms with Crippen molar-refractivity contribution in [2.45, 2.75) is 88.0 Å². The van der Waals surface area contributed by atoms with Crippen LogP contribution in [0.3, 0.4) is 0 Å². The first kappa shape index (κ1) is 38.1. The molecular formula is C35H43N5O11S. The van der Waals surface area contributed by atoms with Crippen LogP contribution >= 0.6 is 0 Å². The van der Waals surface area contributed by atoms with Crippen molar-refractivity contribution >= 4 is 50.6 Å². The number of alkyl carbamates (subject to hydrolysis) is 1. The number of benzene rings is 1. The van der Waals surface area contributed by atoms with Gasteiger partial charge in [0.2, 0.25) is 27.7 Å². The molecule has 1 aliphatic carbocycles. The Kier molecular flexibility index (Phi) is 11.1. The van der Waals surface area contributed by atoms with E-state index in [-0.39, 0.29) is 25.3 Å². The minimum atomic E-state index is -3.99. The lowest BCUT2D eigenvalue weighted by atomic mass is 9.95. The van der Waals surface area contributed by atoms with Crippen molar-refractivity contribution in [1.82, 2.24) is 25.2 Å². The van der Waals surface area contributed by atoms with Crippen LogP contribution in [0.5, 0.6) is 11.6 Å². The SMILES string of the molecule is COc1ccc2c(O[C@@H]3C[C@H]4C(=O)N[C@@](C)(C(=O)NS(=O)(=O)C5CC5)C/C=C\C=C\C(=O)OC[C@H](NC(=O)OC(C)(C)C)C(=O)N4C3)nccc2c1. The molecule has 0 unspecified atom stereocenters. The summed E-state index contributed by atoms with van der Waals surface area (Å²) in [6.45, 7) is 5.47. The predicted molar refractivity (Wildman–Crippen MR) is 186 cm³/mol. The highest BCUT2D eigenvalue weighted by atomic mass is 32.2. The van der Waals surface area contributed by atoms with Gasteiger partial charge in [0.25, 0.3) is 5.91 Å². The van der Waals surface area contributed by atoms with Gasteiger partial charge >= 0.3 is 12.1 Å². The van der Waals surface area contributed by atoms with Gasteiger partial charge in [-0.3, -0.25) is 19.1 Å². The van der Waals surface area contributed by atoms with E-state index in [1.807, 2.05) is 0 Å². The van der Waals surface area contributed by atoms with E-state index < -0.39 is 81.0 Å². The second-order valence-electron chi connectivity index (χ2n) is 14.0. The smallest absolute Gasteiger partial charge is 0.408 e. The topological polar surface area (TPSA) is 209 Å². The number of amides is 4. The number of fused-ring (bicyclic) bond motifs is 2. The van der Waals surface area contributed by atoms with Crippen molar-refractivity contribution in [3.63, 3.8) is 0 Å². The van der Waals surface area contributed by atoms with E-state index in [2.05, 4.69) is 20.3 Å². The molecule has 2 fully saturated rings. The van der Waals surface area contributed by atoms with Gasteiger partial charge in [0.15, 0.2) is 0 Å². The maximum atomic E-state index is 14.3. The number of pyridine rings is 1. The average molecular weight is 742 g/mol. The lowest BCUT2D eigenvalue weighted by Gasteiger charge is -2.33. The summed E-state index contributed by atoms with van der Waals surface area (Å²) in [5.74, 6) is -2.57. The number of allylic oxidation sites excluding steroid dienone is 2. The van der Waals surface area contributed by atoms with E-state index in [9.17, 15) is 32.4 Å². The van der Waals surface area contributed by atoms with Gasteiger partial charge in [0.1, 0.15) is 41.7 Å². The molecule has 1 saturated heterocycles. The van der Waals surface area contributed by atoms with Crippen molar-refractivity contribution in [2.75, 3.05) is 20.3 Å². The van der Waals surface area contributed by atoms with E-state index in [1.165, 1.54) is 25.2 Å². The number of esters is 1. The molecule has 0 spiro atoms. The first-order valence-electron chi connectivity index (χ1n) is 16.8. The van der Waals surface area contributed by atoms with E-state index >= 15 is 0 Å². The van der Waals surface area contributed by atoms with Crippen molar-refractivity contribution < 1.29 is 51.3 Å². The Hall–Kier alpha value is -5.19. The summed E-state index contributed by atoms with van der Waals surface area (Å²) in [4.78, 5) is 73.0. The summed E-state index contributed by atoms with van der Waals surface area (Å²) in [5, 5.41) is 5.82. The first-order valence-corrected chi connectivity index (χ1v) is 18.3. The quantitative estimate of drug-likeness (QED) is 0.349. The summed E-state index contributed by atoms with van der Waals surface area (Å²) in [6, 6.07) is 4.29. The third-order valence-electron chi connectivity index (χ3n) is 8.55. The van der Waals surface area contributed by atoms with E-state index in [4.69, 9.17) is 18.9 Å². The number of nitrogens with zero attached hydrogens (tertiary/aromatic N) is 2. The molecule has 0 bridgehead atoms. The number of carbonyl (C=O) groups is 5. The van der Waals surface area contributed by atoms with Crippen LogP contribution < -0.4 is 24.8 Å². The largest absolute Gasteiger partial charge is 0.497 e. The predicted octanol–water partition coefficient (Wildman–Crippen LogP) is 2.03. The maximum Gasteiger partial charge on any atom is 0.408 e. The highest BCUT2D eigenvalue weighted by molar-refractivity contribution is 7.91. The molecule has 52 heavy (non-hydrogen) atoms. The number of nitrogens with one attached hydrogen (secondary N) is 3. The molecule has 3 N–H and O–H groups in total. The number of hydrogen-bond donors (Lipinski definition) is 3. The molecule has 1 saturated carbocycles. The number of hydrogen-bond acceptors (Lipinski definition) is 12. The fourth-order valence-electron chi connectivity index (χ4n) is 5.70. The molecule has 16 nitrogen and oxygen atoms in total. The van der Waals surface area contributed by atoms with E-state index in [1.54, 1.807) is 58.3 Å². The number of rotatable bonds is 7. The Labute approximate surface area is 301 Å². The Bertz CT molecular complexity index is 1900. The molecule has 2 aliphatic heterocycles.